The van der Waals surface area contributed by atoms with Gasteiger partial charge in [0.2, 0.25) is 0 Å². The maximum absolute atomic E-state index is 13.8. The van der Waals surface area contributed by atoms with Crippen LogP contribution < -0.4 is 9.47 Å². The molecule has 1 heterocycles. The number of amidine groups is 1. The number of ether oxygens (including phenoxy) is 2. The average Bonchev–Trinajstić information content (AvgIpc) is 3.27. The molecule has 1 amide bonds. The fourth-order valence-corrected chi connectivity index (χ4v) is 5.89. The van der Waals surface area contributed by atoms with Crippen LogP contribution in [0.25, 0.3) is 6.08 Å². The second-order valence-electron chi connectivity index (χ2n) is 9.48. The van der Waals surface area contributed by atoms with Gasteiger partial charge in [-0.05, 0) is 66.6 Å². The van der Waals surface area contributed by atoms with Gasteiger partial charge >= 0.3 is 5.97 Å². The quantitative estimate of drug-likeness (QED) is 0.311. The van der Waals surface area contributed by atoms with Gasteiger partial charge in [0, 0.05) is 11.6 Å². The topological polar surface area (TPSA) is 88.4 Å². The number of aliphatic imine (C=N–C) groups is 1. The van der Waals surface area contributed by atoms with Gasteiger partial charge in [-0.1, -0.05) is 61.7 Å². The molecule has 0 atom stereocenters. The summed E-state index contributed by atoms with van der Waals surface area (Å²) in [6.07, 6.45) is 7.21. The molecule has 8 heteroatoms. The Morgan fingerprint density at radius 3 is 2.46 bits per heavy atom. The van der Waals surface area contributed by atoms with Gasteiger partial charge in [-0.3, -0.25) is 9.69 Å². The van der Waals surface area contributed by atoms with Crippen molar-refractivity contribution in [1.82, 2.24) is 4.90 Å². The second-order valence-corrected chi connectivity index (χ2v) is 10.5. The fourth-order valence-electron chi connectivity index (χ4n) is 4.84. The maximum atomic E-state index is 13.8. The minimum absolute atomic E-state index is 0.0420. The van der Waals surface area contributed by atoms with E-state index in [1.165, 1.54) is 18.2 Å². The lowest BCUT2D eigenvalue weighted by Gasteiger charge is -2.30. The molecule has 0 unspecified atom stereocenters. The molecular weight excluding hydrogens is 512 g/mol. The highest BCUT2D eigenvalue weighted by Gasteiger charge is 2.38. The largest absolute Gasteiger partial charge is 0.493 e. The summed E-state index contributed by atoms with van der Waals surface area (Å²) >= 11 is 1.39. The Kier molecular flexibility index (Phi) is 8.32. The van der Waals surface area contributed by atoms with Crippen molar-refractivity contribution in [2.24, 2.45) is 4.99 Å². The zero-order valence-corrected chi connectivity index (χ0v) is 22.5. The highest BCUT2D eigenvalue weighted by Crippen LogP contribution is 2.41. The monoisotopic (exact) mass is 542 g/mol. The molecule has 7 nitrogen and oxygen atoms in total. The number of nitrogens with zero attached hydrogens (tertiary/aromatic N) is 2. The van der Waals surface area contributed by atoms with Gasteiger partial charge in [0.1, 0.15) is 6.61 Å². The number of para-hydroxylation sites is 2. The van der Waals surface area contributed by atoms with Crippen molar-refractivity contribution in [2.45, 2.75) is 44.8 Å². The predicted molar refractivity (Wildman–Crippen MR) is 154 cm³/mol. The van der Waals surface area contributed by atoms with E-state index in [0.717, 1.165) is 42.5 Å². The predicted octanol–water partition coefficient (Wildman–Crippen LogP) is 6.91. The molecule has 0 radical (unpaired) electrons. The van der Waals surface area contributed by atoms with Crippen molar-refractivity contribution in [3.05, 3.63) is 94.4 Å². The lowest BCUT2D eigenvalue weighted by atomic mass is 9.94. The highest BCUT2D eigenvalue weighted by molar-refractivity contribution is 8.18. The summed E-state index contributed by atoms with van der Waals surface area (Å²) in [6.45, 7) is 0.215. The molecule has 3 aromatic carbocycles. The number of carbonyl (C=O) groups is 2. The number of hydrogen-bond acceptors (Lipinski definition) is 6. The molecule has 1 aliphatic heterocycles. The Bertz CT molecular complexity index is 1400. The highest BCUT2D eigenvalue weighted by atomic mass is 32.2. The first-order valence-electron chi connectivity index (χ1n) is 13.0. The smallest absolute Gasteiger partial charge is 0.335 e. The summed E-state index contributed by atoms with van der Waals surface area (Å²) < 4.78 is 11.8. The average molecular weight is 543 g/mol. The second kappa shape index (κ2) is 12.2. The van der Waals surface area contributed by atoms with Crippen LogP contribution in [0.2, 0.25) is 0 Å². The molecule has 39 heavy (non-hydrogen) atoms. The normalized spacial score (nSPS) is 18.1. The van der Waals surface area contributed by atoms with Crippen LogP contribution in [0.4, 0.5) is 5.69 Å². The van der Waals surface area contributed by atoms with Crippen LogP contribution in [0, 0.1) is 0 Å². The number of carbonyl (C=O) groups excluding carboxylic acids is 1. The molecule has 1 saturated carbocycles. The summed E-state index contributed by atoms with van der Waals surface area (Å²) in [5.74, 6) is 0.0435. The minimum Gasteiger partial charge on any atom is -0.493 e. The number of amides is 1. The van der Waals surface area contributed by atoms with Crippen molar-refractivity contribution < 1.29 is 24.2 Å². The fraction of sp³-hybridized carbons (Fsp3) is 0.258. The lowest BCUT2D eigenvalue weighted by molar-refractivity contribution is -0.124. The maximum Gasteiger partial charge on any atom is 0.335 e. The van der Waals surface area contributed by atoms with Gasteiger partial charge in [-0.25, -0.2) is 9.79 Å². The Morgan fingerprint density at radius 1 is 1.03 bits per heavy atom. The van der Waals surface area contributed by atoms with Crippen molar-refractivity contribution in [2.75, 3.05) is 7.11 Å². The molecule has 1 aliphatic carbocycles. The molecule has 5 rings (SSSR count). The molecule has 3 aromatic rings. The Morgan fingerprint density at radius 2 is 1.77 bits per heavy atom. The summed E-state index contributed by atoms with van der Waals surface area (Å²) in [5, 5.41) is 9.86. The van der Waals surface area contributed by atoms with E-state index < -0.39 is 5.97 Å². The Hall–Kier alpha value is -4.04. The number of rotatable bonds is 8. The standard InChI is InChI=1S/C31H30N2O5S/c1-37-26-14-8-9-23(28(26)38-20-21-15-17-22(18-16-21)30(35)36)19-27-29(34)33(25-12-6-3-7-13-25)31(39-27)32-24-10-4-2-5-11-24/h2,4-5,8-11,14-19,25H,3,6-7,12-13,20H2,1H3,(H,35,36)/b27-19-,32-31?. The first kappa shape index (κ1) is 26.6. The van der Waals surface area contributed by atoms with Crippen LogP contribution in [-0.2, 0) is 11.4 Å². The third kappa shape index (κ3) is 6.17. The number of carboxylic acid groups (broad SMARTS) is 1. The number of carboxylic acids is 1. The van der Waals surface area contributed by atoms with E-state index in [1.54, 1.807) is 31.4 Å². The first-order valence-corrected chi connectivity index (χ1v) is 13.8. The number of thioether (sulfide) groups is 1. The Balaban J connectivity index is 1.45. The van der Waals surface area contributed by atoms with Gasteiger partial charge in [0.15, 0.2) is 16.7 Å². The molecular formula is C31H30N2O5S. The van der Waals surface area contributed by atoms with Crippen LogP contribution in [0.15, 0.2) is 82.7 Å². The van der Waals surface area contributed by atoms with Crippen molar-refractivity contribution in [3.63, 3.8) is 0 Å². The van der Waals surface area contributed by atoms with Crippen LogP contribution in [0.3, 0.4) is 0 Å². The molecule has 200 valence electrons. The molecule has 2 fully saturated rings. The Labute approximate surface area is 232 Å². The van der Waals surface area contributed by atoms with Gasteiger partial charge in [0.05, 0.1) is 23.3 Å². The number of aromatic carboxylic acids is 1. The van der Waals surface area contributed by atoms with E-state index in [1.807, 2.05) is 59.5 Å². The van der Waals surface area contributed by atoms with E-state index in [2.05, 4.69) is 0 Å². The molecule has 0 spiro atoms. The van der Waals surface area contributed by atoms with E-state index >= 15 is 0 Å². The van der Waals surface area contributed by atoms with E-state index in [0.29, 0.717) is 21.6 Å². The summed E-state index contributed by atoms with van der Waals surface area (Å²) in [4.78, 5) is 32.3. The zero-order chi connectivity index (χ0) is 27.2. The minimum atomic E-state index is -0.975. The van der Waals surface area contributed by atoms with Gasteiger partial charge in [-0.2, -0.15) is 0 Å². The number of benzene rings is 3. The van der Waals surface area contributed by atoms with Crippen LogP contribution in [0.5, 0.6) is 11.5 Å². The van der Waals surface area contributed by atoms with Gasteiger partial charge < -0.3 is 14.6 Å². The SMILES string of the molecule is COc1cccc(/C=C2\SC(=Nc3ccccc3)N(C3CCCCC3)C2=O)c1OCc1ccc(C(=O)O)cc1. The third-order valence-corrected chi connectivity index (χ3v) is 7.84. The molecule has 1 saturated heterocycles. The van der Waals surface area contributed by atoms with E-state index in [-0.39, 0.29) is 24.1 Å². The van der Waals surface area contributed by atoms with Gasteiger partial charge in [0.25, 0.3) is 5.91 Å². The summed E-state index contributed by atoms with van der Waals surface area (Å²) in [7, 11) is 1.58. The zero-order valence-electron chi connectivity index (χ0n) is 21.7. The third-order valence-electron chi connectivity index (χ3n) is 6.86. The van der Waals surface area contributed by atoms with Crippen LogP contribution in [-0.4, -0.2) is 40.2 Å². The molecule has 0 aromatic heterocycles. The van der Waals surface area contributed by atoms with Crippen molar-refractivity contribution >= 4 is 40.6 Å². The van der Waals surface area contributed by atoms with Crippen molar-refractivity contribution in [3.8, 4) is 11.5 Å². The van der Waals surface area contributed by atoms with Crippen molar-refractivity contribution in [1.29, 1.82) is 0 Å². The van der Waals surface area contributed by atoms with Crippen LogP contribution in [0.1, 0.15) is 53.6 Å². The number of methoxy groups -OCH3 is 1. The van der Waals surface area contributed by atoms with Crippen LogP contribution >= 0.6 is 11.8 Å². The summed E-state index contributed by atoms with van der Waals surface area (Å²) in [6, 6.07) is 22.0. The van der Waals surface area contributed by atoms with Gasteiger partial charge in [-0.15, -0.1) is 0 Å². The van der Waals surface area contributed by atoms with E-state index in [4.69, 9.17) is 19.6 Å². The first-order chi connectivity index (χ1) is 19.0. The molecule has 2 aliphatic rings. The summed E-state index contributed by atoms with van der Waals surface area (Å²) in [5.41, 5.74) is 2.57. The molecule has 1 N–H and O–H groups in total. The molecule has 0 bridgehead atoms. The lowest BCUT2D eigenvalue weighted by Crippen LogP contribution is -2.40. The number of hydrogen-bond donors (Lipinski definition) is 1. The van der Waals surface area contributed by atoms with E-state index in [9.17, 15) is 9.59 Å².